The molecule has 1 N–H and O–H groups in total. The average Bonchev–Trinajstić information content (AvgIpc) is 2.39. The summed E-state index contributed by atoms with van der Waals surface area (Å²) in [7, 11) is 4.08. The fourth-order valence-electron chi connectivity index (χ4n) is 3.14. The Balaban J connectivity index is 1.79. The van der Waals surface area contributed by atoms with Crippen LogP contribution in [0, 0.1) is 0 Å². The average molecular weight is 253 g/mol. The summed E-state index contributed by atoms with van der Waals surface area (Å²) in [5.74, 6) is 0. The molecule has 104 valence electrons. The van der Waals surface area contributed by atoms with E-state index in [4.69, 9.17) is 0 Å². The first kappa shape index (κ1) is 13.7. The highest BCUT2D eigenvalue weighted by molar-refractivity contribution is 5.74. The molecule has 1 heterocycles. The van der Waals surface area contributed by atoms with Gasteiger partial charge in [-0.15, -0.1) is 0 Å². The van der Waals surface area contributed by atoms with Crippen molar-refractivity contribution in [3.63, 3.8) is 0 Å². The molecular formula is C14H27N3O. The minimum absolute atomic E-state index is 0.127. The summed E-state index contributed by atoms with van der Waals surface area (Å²) in [6.45, 7) is 2.17. The van der Waals surface area contributed by atoms with Crippen LogP contribution in [-0.4, -0.2) is 55.1 Å². The molecule has 0 radical (unpaired) electrons. The highest BCUT2D eigenvalue weighted by Crippen LogP contribution is 2.18. The van der Waals surface area contributed by atoms with E-state index >= 15 is 0 Å². The molecule has 1 aliphatic heterocycles. The van der Waals surface area contributed by atoms with Gasteiger partial charge >= 0.3 is 6.03 Å². The number of likely N-dealkylation sites (N-methyl/N-ethyl adjacent to an activating group) is 2. The molecule has 0 bridgehead atoms. The summed E-state index contributed by atoms with van der Waals surface area (Å²) in [5, 5.41) is 3.20. The lowest BCUT2D eigenvalue weighted by atomic mass is 9.95. The minimum Gasteiger partial charge on any atom is -0.335 e. The number of nitrogens with one attached hydrogen (secondary N) is 1. The Bertz CT molecular complexity index is 276. The Labute approximate surface area is 111 Å². The number of urea groups is 1. The quantitative estimate of drug-likeness (QED) is 0.817. The fourth-order valence-corrected chi connectivity index (χ4v) is 3.14. The van der Waals surface area contributed by atoms with Crippen LogP contribution in [0.3, 0.4) is 0 Å². The molecule has 1 unspecified atom stereocenters. The second-order valence-corrected chi connectivity index (χ2v) is 5.95. The molecule has 1 atom stereocenters. The third kappa shape index (κ3) is 3.61. The van der Waals surface area contributed by atoms with Crippen LogP contribution >= 0.6 is 0 Å². The highest BCUT2D eigenvalue weighted by Gasteiger charge is 2.26. The lowest BCUT2D eigenvalue weighted by Crippen LogP contribution is -2.52. The van der Waals surface area contributed by atoms with E-state index in [1.807, 2.05) is 11.9 Å². The van der Waals surface area contributed by atoms with Crippen LogP contribution in [0.25, 0.3) is 0 Å². The van der Waals surface area contributed by atoms with Crippen LogP contribution < -0.4 is 5.32 Å². The number of hydrogen-bond donors (Lipinski definition) is 1. The van der Waals surface area contributed by atoms with Crippen LogP contribution in [0.2, 0.25) is 0 Å². The van der Waals surface area contributed by atoms with Gasteiger partial charge in [0, 0.05) is 25.7 Å². The van der Waals surface area contributed by atoms with Gasteiger partial charge in [0.2, 0.25) is 0 Å². The van der Waals surface area contributed by atoms with Gasteiger partial charge in [0.1, 0.15) is 0 Å². The molecule has 0 aromatic rings. The lowest BCUT2D eigenvalue weighted by Gasteiger charge is -2.36. The number of nitrogens with zero attached hydrogens (tertiary/aromatic N) is 2. The van der Waals surface area contributed by atoms with E-state index in [1.54, 1.807) is 0 Å². The highest BCUT2D eigenvalue weighted by atomic mass is 16.2. The number of amides is 2. The van der Waals surface area contributed by atoms with Crippen LogP contribution in [0.4, 0.5) is 4.79 Å². The molecule has 0 aromatic carbocycles. The van der Waals surface area contributed by atoms with Gasteiger partial charge in [-0.1, -0.05) is 19.3 Å². The molecule has 4 heteroatoms. The number of likely N-dealkylation sites (tertiary alicyclic amines) is 1. The SMILES string of the molecule is CN1CCCC(N(C)C(=O)NC2CCCCC2)C1. The number of hydrogen-bond acceptors (Lipinski definition) is 2. The third-order valence-corrected chi connectivity index (χ3v) is 4.40. The van der Waals surface area contributed by atoms with Crippen molar-refractivity contribution < 1.29 is 4.79 Å². The van der Waals surface area contributed by atoms with Crippen molar-refractivity contribution in [3.8, 4) is 0 Å². The first-order valence-electron chi connectivity index (χ1n) is 7.38. The van der Waals surface area contributed by atoms with Crippen LogP contribution in [0.1, 0.15) is 44.9 Å². The Morgan fingerprint density at radius 2 is 1.89 bits per heavy atom. The monoisotopic (exact) mass is 253 g/mol. The van der Waals surface area contributed by atoms with E-state index in [2.05, 4.69) is 17.3 Å². The number of carbonyl (C=O) groups excluding carboxylic acids is 1. The van der Waals surface area contributed by atoms with Crippen LogP contribution in [0.5, 0.6) is 0 Å². The zero-order chi connectivity index (χ0) is 13.0. The molecule has 2 aliphatic rings. The van der Waals surface area contributed by atoms with Gasteiger partial charge in [-0.05, 0) is 39.3 Å². The van der Waals surface area contributed by atoms with Crippen molar-refractivity contribution in [2.24, 2.45) is 0 Å². The summed E-state index contributed by atoms with van der Waals surface area (Å²) in [6, 6.07) is 0.921. The van der Waals surface area contributed by atoms with Crippen molar-refractivity contribution in [2.45, 2.75) is 57.0 Å². The molecule has 1 aliphatic carbocycles. The van der Waals surface area contributed by atoms with Crippen molar-refractivity contribution in [3.05, 3.63) is 0 Å². The number of carbonyl (C=O) groups is 1. The van der Waals surface area contributed by atoms with Crippen LogP contribution in [0.15, 0.2) is 0 Å². The zero-order valence-electron chi connectivity index (χ0n) is 11.8. The minimum atomic E-state index is 0.127. The molecule has 18 heavy (non-hydrogen) atoms. The predicted octanol–water partition coefficient (Wildman–Crippen LogP) is 2.05. The van der Waals surface area contributed by atoms with Gasteiger partial charge in [0.15, 0.2) is 0 Å². The second kappa shape index (κ2) is 6.41. The Morgan fingerprint density at radius 1 is 1.17 bits per heavy atom. The molecule has 4 nitrogen and oxygen atoms in total. The van der Waals surface area contributed by atoms with Crippen LogP contribution in [-0.2, 0) is 0 Å². The molecule has 0 spiro atoms. The van der Waals surface area contributed by atoms with Crippen molar-refractivity contribution in [1.29, 1.82) is 0 Å². The maximum atomic E-state index is 12.2. The summed E-state index contributed by atoms with van der Waals surface area (Å²) in [5.41, 5.74) is 0. The summed E-state index contributed by atoms with van der Waals surface area (Å²) < 4.78 is 0. The first-order valence-corrected chi connectivity index (χ1v) is 7.38. The lowest BCUT2D eigenvalue weighted by molar-refractivity contribution is 0.137. The molecular weight excluding hydrogens is 226 g/mol. The van der Waals surface area contributed by atoms with E-state index in [9.17, 15) is 4.79 Å². The largest absolute Gasteiger partial charge is 0.335 e. The van der Waals surface area contributed by atoms with Crippen molar-refractivity contribution in [1.82, 2.24) is 15.1 Å². The molecule has 2 rings (SSSR count). The van der Waals surface area contributed by atoms with E-state index < -0.39 is 0 Å². The van der Waals surface area contributed by atoms with E-state index in [0.717, 1.165) is 32.4 Å². The van der Waals surface area contributed by atoms with Gasteiger partial charge < -0.3 is 15.1 Å². The van der Waals surface area contributed by atoms with Gasteiger partial charge in [-0.2, -0.15) is 0 Å². The zero-order valence-corrected chi connectivity index (χ0v) is 11.8. The van der Waals surface area contributed by atoms with Gasteiger partial charge in [-0.25, -0.2) is 4.79 Å². The maximum Gasteiger partial charge on any atom is 0.317 e. The van der Waals surface area contributed by atoms with Gasteiger partial charge in [0.05, 0.1) is 0 Å². The molecule has 2 fully saturated rings. The molecule has 1 saturated heterocycles. The topological polar surface area (TPSA) is 35.6 Å². The van der Waals surface area contributed by atoms with Crippen molar-refractivity contribution >= 4 is 6.03 Å². The first-order chi connectivity index (χ1) is 8.66. The normalized spacial score (nSPS) is 26.9. The fraction of sp³-hybridized carbons (Fsp3) is 0.929. The van der Waals surface area contributed by atoms with Gasteiger partial charge in [0.25, 0.3) is 0 Å². The standard InChI is InChI=1S/C14H27N3O/c1-16-10-6-9-13(11-16)17(2)14(18)15-12-7-4-3-5-8-12/h12-13H,3-11H2,1-2H3,(H,15,18). The number of piperidine rings is 1. The van der Waals surface area contributed by atoms with E-state index in [-0.39, 0.29) is 6.03 Å². The predicted molar refractivity (Wildman–Crippen MR) is 73.7 cm³/mol. The summed E-state index contributed by atoms with van der Waals surface area (Å²) in [6.07, 6.45) is 8.51. The molecule has 1 saturated carbocycles. The summed E-state index contributed by atoms with van der Waals surface area (Å²) in [4.78, 5) is 16.5. The molecule has 0 aromatic heterocycles. The Kier molecular flexibility index (Phi) is 4.87. The Hall–Kier alpha value is -0.770. The summed E-state index contributed by atoms with van der Waals surface area (Å²) >= 11 is 0. The number of rotatable bonds is 2. The maximum absolute atomic E-state index is 12.2. The second-order valence-electron chi connectivity index (χ2n) is 5.95. The van der Waals surface area contributed by atoms with E-state index in [0.29, 0.717) is 12.1 Å². The molecule has 2 amide bonds. The third-order valence-electron chi connectivity index (χ3n) is 4.40. The van der Waals surface area contributed by atoms with Gasteiger partial charge in [-0.3, -0.25) is 0 Å². The van der Waals surface area contributed by atoms with E-state index in [1.165, 1.54) is 25.7 Å². The van der Waals surface area contributed by atoms with Crippen molar-refractivity contribution in [2.75, 3.05) is 27.2 Å². The smallest absolute Gasteiger partial charge is 0.317 e. The Morgan fingerprint density at radius 3 is 2.56 bits per heavy atom.